The van der Waals surface area contributed by atoms with Crippen molar-refractivity contribution in [2.45, 2.75) is 44.9 Å². The Kier molecular flexibility index (Phi) is 4.25. The van der Waals surface area contributed by atoms with E-state index in [1.165, 1.54) is 4.90 Å². The van der Waals surface area contributed by atoms with Crippen LogP contribution in [0, 0.1) is 17.2 Å². The summed E-state index contributed by atoms with van der Waals surface area (Å²) in [5, 5.41) is 8.83. The minimum absolute atomic E-state index is 0.00118. The van der Waals surface area contributed by atoms with E-state index in [0.717, 1.165) is 6.42 Å². The predicted molar refractivity (Wildman–Crippen MR) is 58.1 cm³/mol. The number of carbonyl (C=O) groups is 1. The minimum Gasteiger partial charge on any atom is -0.322 e. The second-order valence-electron chi connectivity index (χ2n) is 4.38. The number of likely N-dealkylation sites (tertiary alicyclic amines) is 1. The number of nitrogens with zero attached hydrogens (tertiary/aromatic N) is 2. The molecule has 1 saturated heterocycles. The molecule has 1 heterocycles. The first kappa shape index (κ1) is 12.9. The van der Waals surface area contributed by atoms with Crippen molar-refractivity contribution in [2.75, 3.05) is 6.54 Å². The average molecular weight is 227 g/mol. The molecule has 0 aliphatic carbocycles. The molecule has 0 spiro atoms. The van der Waals surface area contributed by atoms with E-state index in [1.54, 1.807) is 0 Å². The molecule has 16 heavy (non-hydrogen) atoms. The van der Waals surface area contributed by atoms with E-state index in [2.05, 4.69) is 0 Å². The lowest BCUT2D eigenvalue weighted by Crippen LogP contribution is -2.48. The van der Waals surface area contributed by atoms with Crippen molar-refractivity contribution in [1.29, 1.82) is 5.26 Å². The minimum atomic E-state index is -1.10. The van der Waals surface area contributed by atoms with Crippen LogP contribution < -0.4 is 5.73 Å². The highest BCUT2D eigenvalue weighted by Crippen LogP contribution is 2.22. The zero-order valence-electron chi connectivity index (χ0n) is 9.69. The van der Waals surface area contributed by atoms with Crippen LogP contribution in [0.15, 0.2) is 0 Å². The summed E-state index contributed by atoms with van der Waals surface area (Å²) >= 11 is 0. The summed E-state index contributed by atoms with van der Waals surface area (Å²) in [7, 11) is 0. The average Bonchev–Trinajstić information content (AvgIpc) is 2.67. The summed E-state index contributed by atoms with van der Waals surface area (Å²) < 4.78 is 13.1. The third kappa shape index (κ3) is 2.50. The van der Waals surface area contributed by atoms with E-state index in [-0.39, 0.29) is 24.8 Å². The Hall–Kier alpha value is -1.15. The van der Waals surface area contributed by atoms with Gasteiger partial charge in [-0.1, -0.05) is 20.3 Å². The molecule has 4 atom stereocenters. The Morgan fingerprint density at radius 1 is 1.75 bits per heavy atom. The summed E-state index contributed by atoms with van der Waals surface area (Å²) in [6.07, 6.45) is -0.204. The number of halogens is 1. The van der Waals surface area contributed by atoms with Crippen LogP contribution in [0.4, 0.5) is 4.39 Å². The highest BCUT2D eigenvalue weighted by molar-refractivity contribution is 5.83. The van der Waals surface area contributed by atoms with E-state index < -0.39 is 18.3 Å². The van der Waals surface area contributed by atoms with Crippen molar-refractivity contribution in [2.24, 2.45) is 11.7 Å². The van der Waals surface area contributed by atoms with Crippen molar-refractivity contribution in [3.63, 3.8) is 0 Å². The van der Waals surface area contributed by atoms with Crippen LogP contribution in [0.1, 0.15) is 26.7 Å². The van der Waals surface area contributed by atoms with E-state index in [1.807, 2.05) is 19.9 Å². The largest absolute Gasteiger partial charge is 0.322 e. The van der Waals surface area contributed by atoms with Crippen LogP contribution in [-0.2, 0) is 4.79 Å². The third-order valence-electron chi connectivity index (χ3n) is 3.22. The summed E-state index contributed by atoms with van der Waals surface area (Å²) in [6, 6.07) is 0.658. The molecule has 0 aromatic rings. The number of amides is 1. The van der Waals surface area contributed by atoms with Gasteiger partial charge in [-0.2, -0.15) is 5.26 Å². The normalized spacial score (nSPS) is 28.6. The van der Waals surface area contributed by atoms with E-state index in [0.29, 0.717) is 0 Å². The Morgan fingerprint density at radius 3 is 2.88 bits per heavy atom. The molecule has 90 valence electrons. The van der Waals surface area contributed by atoms with E-state index >= 15 is 0 Å². The molecule has 0 aromatic carbocycles. The first-order chi connectivity index (χ1) is 7.51. The van der Waals surface area contributed by atoms with Gasteiger partial charge in [-0.15, -0.1) is 0 Å². The maximum atomic E-state index is 13.1. The molecule has 1 fully saturated rings. The lowest BCUT2D eigenvalue weighted by Gasteiger charge is -2.25. The number of hydrogen-bond donors (Lipinski definition) is 1. The van der Waals surface area contributed by atoms with Crippen LogP contribution in [0.25, 0.3) is 0 Å². The van der Waals surface area contributed by atoms with Gasteiger partial charge in [0.25, 0.3) is 0 Å². The van der Waals surface area contributed by atoms with Crippen molar-refractivity contribution in [3.8, 4) is 6.07 Å². The lowest BCUT2D eigenvalue weighted by atomic mass is 9.99. The Labute approximate surface area is 95.2 Å². The van der Waals surface area contributed by atoms with Gasteiger partial charge in [-0.05, 0) is 5.92 Å². The lowest BCUT2D eigenvalue weighted by molar-refractivity contribution is -0.133. The monoisotopic (exact) mass is 227 g/mol. The number of carbonyl (C=O) groups excluding carboxylic acids is 1. The predicted octanol–water partition coefficient (Wildman–Crippen LogP) is 0.822. The van der Waals surface area contributed by atoms with Crippen molar-refractivity contribution < 1.29 is 9.18 Å². The summed E-state index contributed by atoms with van der Waals surface area (Å²) in [5.74, 6) is -0.258. The zero-order chi connectivity index (χ0) is 12.3. The number of nitriles is 1. The highest BCUT2D eigenvalue weighted by Gasteiger charge is 2.38. The maximum absolute atomic E-state index is 13.1. The summed E-state index contributed by atoms with van der Waals surface area (Å²) in [6.45, 7) is 3.83. The molecular weight excluding hydrogens is 209 g/mol. The summed E-state index contributed by atoms with van der Waals surface area (Å²) in [5.41, 5.74) is 5.79. The van der Waals surface area contributed by atoms with Crippen LogP contribution in [-0.4, -0.2) is 35.6 Å². The topological polar surface area (TPSA) is 70.1 Å². The molecule has 1 aliphatic heterocycles. The molecule has 4 nitrogen and oxygen atoms in total. The molecule has 0 saturated carbocycles. The van der Waals surface area contributed by atoms with Gasteiger partial charge in [0, 0.05) is 6.42 Å². The molecule has 0 aromatic heterocycles. The quantitative estimate of drug-likeness (QED) is 0.776. The van der Waals surface area contributed by atoms with Crippen molar-refractivity contribution in [3.05, 3.63) is 0 Å². The maximum Gasteiger partial charge on any atom is 0.240 e. The second kappa shape index (κ2) is 5.26. The molecule has 4 unspecified atom stereocenters. The fourth-order valence-corrected chi connectivity index (χ4v) is 1.84. The number of nitrogens with two attached hydrogens (primary N) is 1. The number of hydrogen-bond acceptors (Lipinski definition) is 3. The molecule has 0 bridgehead atoms. The smallest absolute Gasteiger partial charge is 0.240 e. The Bertz CT molecular complexity index is 302. The van der Waals surface area contributed by atoms with Gasteiger partial charge in [0.15, 0.2) is 0 Å². The van der Waals surface area contributed by atoms with Gasteiger partial charge in [-0.25, -0.2) is 4.39 Å². The molecule has 1 rings (SSSR count). The van der Waals surface area contributed by atoms with Gasteiger partial charge in [0.2, 0.25) is 5.91 Å². The number of rotatable bonds is 3. The van der Waals surface area contributed by atoms with Gasteiger partial charge in [-0.3, -0.25) is 4.79 Å². The first-order valence-electron chi connectivity index (χ1n) is 5.61. The van der Waals surface area contributed by atoms with Crippen LogP contribution >= 0.6 is 0 Å². The number of alkyl halides is 1. The SMILES string of the molecule is CCC(C)C(N)C(=O)N1CC(F)CC1C#N. The zero-order valence-corrected chi connectivity index (χ0v) is 9.69. The fourth-order valence-electron chi connectivity index (χ4n) is 1.84. The van der Waals surface area contributed by atoms with Gasteiger partial charge < -0.3 is 10.6 Å². The van der Waals surface area contributed by atoms with Crippen molar-refractivity contribution >= 4 is 5.91 Å². The molecule has 0 radical (unpaired) electrons. The molecule has 5 heteroatoms. The first-order valence-corrected chi connectivity index (χ1v) is 5.61. The molecule has 1 amide bonds. The molecule has 2 N–H and O–H groups in total. The fraction of sp³-hybridized carbons (Fsp3) is 0.818. The second-order valence-corrected chi connectivity index (χ2v) is 4.38. The molecular formula is C11H18FN3O. The summed E-state index contributed by atoms with van der Waals surface area (Å²) in [4.78, 5) is 13.2. The van der Waals surface area contributed by atoms with Gasteiger partial charge in [0.05, 0.1) is 18.7 Å². The Morgan fingerprint density at radius 2 is 2.38 bits per heavy atom. The van der Waals surface area contributed by atoms with Crippen LogP contribution in [0.2, 0.25) is 0 Å². The van der Waals surface area contributed by atoms with Gasteiger partial charge >= 0.3 is 0 Å². The van der Waals surface area contributed by atoms with E-state index in [4.69, 9.17) is 11.0 Å². The van der Waals surface area contributed by atoms with Crippen LogP contribution in [0.5, 0.6) is 0 Å². The van der Waals surface area contributed by atoms with Gasteiger partial charge in [0.1, 0.15) is 12.2 Å². The third-order valence-corrected chi connectivity index (χ3v) is 3.22. The highest BCUT2D eigenvalue weighted by atomic mass is 19.1. The standard InChI is InChI=1S/C11H18FN3O/c1-3-7(2)10(14)11(16)15-6-8(12)4-9(15)5-13/h7-10H,3-4,6,14H2,1-2H3. The van der Waals surface area contributed by atoms with E-state index in [9.17, 15) is 9.18 Å². The molecule has 1 aliphatic rings. The Balaban J connectivity index is 2.70. The van der Waals surface area contributed by atoms with Crippen LogP contribution in [0.3, 0.4) is 0 Å². The van der Waals surface area contributed by atoms with Crippen molar-refractivity contribution in [1.82, 2.24) is 4.90 Å².